The van der Waals surface area contributed by atoms with Gasteiger partial charge in [0, 0.05) is 49.4 Å². The molecule has 7 heteroatoms. The first kappa shape index (κ1) is 21.5. The minimum absolute atomic E-state index is 0.117. The summed E-state index contributed by atoms with van der Waals surface area (Å²) in [4.78, 5) is 21.9. The normalized spacial score (nSPS) is 15.2. The van der Waals surface area contributed by atoms with Crippen molar-refractivity contribution in [2.45, 2.75) is 19.9 Å². The van der Waals surface area contributed by atoms with Crippen LogP contribution in [0.25, 0.3) is 10.6 Å². The standard InChI is InChI=1S/C24H28N4O2S/c1-17-13-21(29)7-8-22(17)26-23(30)14-20-16-31-24(25-20)19-5-3-18(4-6-19)15-28-11-9-27(2)10-12-28/h3-8,13,16,29H,9-12,14-15H2,1-2H3,(H,26,30). The molecule has 31 heavy (non-hydrogen) atoms. The van der Waals surface area contributed by atoms with Crippen molar-refractivity contribution in [3.05, 3.63) is 64.7 Å². The Morgan fingerprint density at radius 3 is 2.58 bits per heavy atom. The molecule has 4 rings (SSSR count). The van der Waals surface area contributed by atoms with Crippen molar-refractivity contribution in [2.24, 2.45) is 0 Å². The number of phenolic OH excluding ortho intramolecular Hbond substituents is 1. The van der Waals surface area contributed by atoms with Gasteiger partial charge in [0.2, 0.25) is 5.91 Å². The van der Waals surface area contributed by atoms with Gasteiger partial charge in [-0.3, -0.25) is 9.69 Å². The van der Waals surface area contributed by atoms with Crippen LogP contribution in [-0.2, 0) is 17.8 Å². The second-order valence-corrected chi connectivity index (χ2v) is 9.00. The Balaban J connectivity index is 1.34. The molecule has 1 saturated heterocycles. The van der Waals surface area contributed by atoms with Crippen molar-refractivity contribution in [2.75, 3.05) is 38.5 Å². The van der Waals surface area contributed by atoms with E-state index in [9.17, 15) is 9.90 Å². The second kappa shape index (κ2) is 9.60. The Morgan fingerprint density at radius 1 is 1.13 bits per heavy atom. The summed E-state index contributed by atoms with van der Waals surface area (Å²) >= 11 is 1.56. The van der Waals surface area contributed by atoms with Crippen molar-refractivity contribution in [3.8, 4) is 16.3 Å². The average Bonchev–Trinajstić information content (AvgIpc) is 3.21. The third-order valence-corrected chi connectivity index (χ3v) is 6.52. The fourth-order valence-corrected chi connectivity index (χ4v) is 4.51. The van der Waals surface area contributed by atoms with E-state index >= 15 is 0 Å². The van der Waals surface area contributed by atoms with E-state index in [1.54, 1.807) is 29.5 Å². The molecule has 2 heterocycles. The summed E-state index contributed by atoms with van der Waals surface area (Å²) < 4.78 is 0. The highest BCUT2D eigenvalue weighted by atomic mass is 32.1. The van der Waals surface area contributed by atoms with Gasteiger partial charge in [0.05, 0.1) is 12.1 Å². The lowest BCUT2D eigenvalue weighted by Crippen LogP contribution is -2.43. The first-order valence-corrected chi connectivity index (χ1v) is 11.4. The predicted molar refractivity (Wildman–Crippen MR) is 126 cm³/mol. The molecule has 1 aliphatic heterocycles. The van der Waals surface area contributed by atoms with Gasteiger partial charge in [0.25, 0.3) is 0 Å². The van der Waals surface area contributed by atoms with E-state index in [4.69, 9.17) is 0 Å². The van der Waals surface area contributed by atoms with Crippen LogP contribution in [0.2, 0.25) is 0 Å². The van der Waals surface area contributed by atoms with E-state index in [2.05, 4.69) is 51.4 Å². The lowest BCUT2D eigenvalue weighted by Gasteiger charge is -2.32. The number of carbonyl (C=O) groups is 1. The number of anilines is 1. The third kappa shape index (κ3) is 5.70. The van der Waals surface area contributed by atoms with Crippen LogP contribution in [-0.4, -0.2) is 59.0 Å². The lowest BCUT2D eigenvalue weighted by molar-refractivity contribution is -0.115. The first-order valence-electron chi connectivity index (χ1n) is 10.5. The van der Waals surface area contributed by atoms with Crippen LogP contribution in [0, 0.1) is 6.92 Å². The number of likely N-dealkylation sites (N-methyl/N-ethyl adjacent to an activating group) is 1. The van der Waals surface area contributed by atoms with Gasteiger partial charge in [-0.15, -0.1) is 11.3 Å². The van der Waals surface area contributed by atoms with Gasteiger partial charge in [-0.1, -0.05) is 24.3 Å². The summed E-state index contributed by atoms with van der Waals surface area (Å²) in [6.07, 6.45) is 0.221. The number of benzene rings is 2. The number of aryl methyl sites for hydroxylation is 1. The number of phenols is 1. The number of hydrogen-bond donors (Lipinski definition) is 2. The maximum atomic E-state index is 12.4. The molecule has 0 aliphatic carbocycles. The average molecular weight is 437 g/mol. The summed E-state index contributed by atoms with van der Waals surface area (Å²) in [6.45, 7) is 7.30. The Kier molecular flexibility index (Phi) is 6.65. The van der Waals surface area contributed by atoms with Gasteiger partial charge in [0.15, 0.2) is 0 Å². The second-order valence-electron chi connectivity index (χ2n) is 8.14. The van der Waals surface area contributed by atoms with Crippen molar-refractivity contribution < 1.29 is 9.90 Å². The molecule has 1 aliphatic rings. The van der Waals surface area contributed by atoms with E-state index in [-0.39, 0.29) is 18.1 Å². The number of thiazole rings is 1. The predicted octanol–water partition coefficient (Wildman–Crippen LogP) is 3.75. The molecule has 0 atom stereocenters. The summed E-state index contributed by atoms with van der Waals surface area (Å²) in [6, 6.07) is 13.5. The summed E-state index contributed by atoms with van der Waals surface area (Å²) in [5.74, 6) is 0.0716. The minimum atomic E-state index is -0.117. The zero-order valence-corrected chi connectivity index (χ0v) is 18.8. The van der Waals surface area contributed by atoms with Crippen LogP contribution in [0.15, 0.2) is 47.8 Å². The minimum Gasteiger partial charge on any atom is -0.508 e. The number of aromatic nitrogens is 1. The Labute approximate surface area is 187 Å². The van der Waals surface area contributed by atoms with Crippen molar-refractivity contribution in [1.29, 1.82) is 0 Å². The molecule has 6 nitrogen and oxygen atoms in total. The highest BCUT2D eigenvalue weighted by Gasteiger charge is 2.14. The number of piperazine rings is 1. The Hall–Kier alpha value is -2.74. The summed E-state index contributed by atoms with van der Waals surface area (Å²) in [7, 11) is 2.17. The van der Waals surface area contributed by atoms with Gasteiger partial charge in [0.1, 0.15) is 10.8 Å². The fraction of sp³-hybridized carbons (Fsp3) is 0.333. The van der Waals surface area contributed by atoms with Crippen molar-refractivity contribution >= 4 is 22.9 Å². The van der Waals surface area contributed by atoms with Gasteiger partial charge >= 0.3 is 0 Å². The number of aromatic hydroxyl groups is 1. The highest BCUT2D eigenvalue weighted by Crippen LogP contribution is 2.25. The molecule has 0 unspecified atom stereocenters. The molecule has 1 fully saturated rings. The molecule has 2 N–H and O–H groups in total. The van der Waals surface area contributed by atoms with Crippen molar-refractivity contribution in [1.82, 2.24) is 14.8 Å². The van der Waals surface area contributed by atoms with Crippen LogP contribution < -0.4 is 5.32 Å². The molecule has 0 radical (unpaired) electrons. The molecular weight excluding hydrogens is 408 g/mol. The van der Waals surface area contributed by atoms with E-state index < -0.39 is 0 Å². The monoisotopic (exact) mass is 436 g/mol. The zero-order valence-electron chi connectivity index (χ0n) is 18.0. The molecule has 162 valence electrons. The maximum absolute atomic E-state index is 12.4. The number of amides is 1. The van der Waals surface area contributed by atoms with E-state index in [1.165, 1.54) is 5.56 Å². The molecule has 1 aromatic heterocycles. The maximum Gasteiger partial charge on any atom is 0.230 e. The summed E-state index contributed by atoms with van der Waals surface area (Å²) in [5, 5.41) is 15.3. The van der Waals surface area contributed by atoms with Crippen LogP contribution in [0.1, 0.15) is 16.8 Å². The Bertz CT molecular complexity index is 1040. The number of hydrogen-bond acceptors (Lipinski definition) is 6. The van der Waals surface area contributed by atoms with Crippen LogP contribution in [0.5, 0.6) is 5.75 Å². The lowest BCUT2D eigenvalue weighted by atomic mass is 10.1. The topological polar surface area (TPSA) is 68.7 Å². The number of nitrogens with zero attached hydrogens (tertiary/aromatic N) is 3. The molecule has 3 aromatic rings. The number of carbonyl (C=O) groups excluding carboxylic acids is 1. The zero-order chi connectivity index (χ0) is 21.8. The highest BCUT2D eigenvalue weighted by molar-refractivity contribution is 7.13. The molecule has 2 aromatic carbocycles. The van der Waals surface area contributed by atoms with Crippen molar-refractivity contribution in [3.63, 3.8) is 0 Å². The molecule has 0 bridgehead atoms. The molecular formula is C24H28N4O2S. The van der Waals surface area contributed by atoms with Crippen LogP contribution >= 0.6 is 11.3 Å². The fourth-order valence-electron chi connectivity index (χ4n) is 3.68. The van der Waals surface area contributed by atoms with Gasteiger partial charge in [-0.25, -0.2) is 4.98 Å². The van der Waals surface area contributed by atoms with E-state index in [0.717, 1.165) is 54.6 Å². The smallest absolute Gasteiger partial charge is 0.230 e. The van der Waals surface area contributed by atoms with E-state index in [0.29, 0.717) is 5.69 Å². The SMILES string of the molecule is Cc1cc(O)ccc1NC(=O)Cc1csc(-c2ccc(CN3CCN(C)CC3)cc2)n1. The quantitative estimate of drug-likeness (QED) is 0.576. The number of rotatable bonds is 6. The van der Waals surface area contributed by atoms with Gasteiger partial charge in [-0.2, -0.15) is 0 Å². The third-order valence-electron chi connectivity index (χ3n) is 5.58. The molecule has 1 amide bonds. The van der Waals surface area contributed by atoms with E-state index in [1.807, 2.05) is 12.3 Å². The van der Waals surface area contributed by atoms with Crippen LogP contribution in [0.4, 0.5) is 5.69 Å². The first-order chi connectivity index (χ1) is 15.0. The summed E-state index contributed by atoms with van der Waals surface area (Å²) in [5.41, 5.74) is 4.68. The Morgan fingerprint density at radius 2 is 1.87 bits per heavy atom. The molecule has 0 spiro atoms. The number of nitrogens with one attached hydrogen (secondary N) is 1. The van der Waals surface area contributed by atoms with Gasteiger partial charge < -0.3 is 15.3 Å². The van der Waals surface area contributed by atoms with Gasteiger partial charge in [-0.05, 0) is 43.3 Å². The largest absolute Gasteiger partial charge is 0.508 e. The van der Waals surface area contributed by atoms with Crippen LogP contribution in [0.3, 0.4) is 0 Å². The molecule has 0 saturated carbocycles.